The summed E-state index contributed by atoms with van der Waals surface area (Å²) in [7, 11) is 0. The molecule has 122 valence electrons. The lowest BCUT2D eigenvalue weighted by Gasteiger charge is -2.34. The Balaban J connectivity index is 1.33. The van der Waals surface area contributed by atoms with E-state index >= 15 is 0 Å². The minimum atomic E-state index is -0.0423. The van der Waals surface area contributed by atoms with E-state index in [-0.39, 0.29) is 6.10 Å². The number of aliphatic hydroxyl groups excluding tert-OH is 1. The van der Waals surface area contributed by atoms with Crippen molar-refractivity contribution >= 4 is 0 Å². The molecule has 1 aliphatic heterocycles. The zero-order chi connectivity index (χ0) is 15.2. The Morgan fingerprint density at radius 3 is 2.32 bits per heavy atom. The SMILES string of the molecule is OC1CCC(NCC2CCN(Cc3ccccc3)CC2)CC1. The minimum Gasteiger partial charge on any atom is -0.393 e. The molecule has 0 spiro atoms. The van der Waals surface area contributed by atoms with Crippen LogP contribution in [0, 0.1) is 5.92 Å². The van der Waals surface area contributed by atoms with Crippen molar-refractivity contribution in [1.29, 1.82) is 0 Å². The standard InChI is InChI=1S/C19H30N2O/c22-19-8-6-18(7-9-19)20-14-16-10-12-21(13-11-16)15-17-4-2-1-3-5-17/h1-5,16,18-20,22H,6-15H2. The van der Waals surface area contributed by atoms with Crippen LogP contribution in [0.25, 0.3) is 0 Å². The van der Waals surface area contributed by atoms with E-state index in [0.717, 1.165) is 38.1 Å². The van der Waals surface area contributed by atoms with Gasteiger partial charge in [-0.2, -0.15) is 0 Å². The highest BCUT2D eigenvalue weighted by molar-refractivity contribution is 5.14. The van der Waals surface area contributed by atoms with Crippen molar-refractivity contribution in [2.45, 2.75) is 57.2 Å². The normalized spacial score (nSPS) is 27.9. The second-order valence-electron chi connectivity index (χ2n) is 7.12. The number of nitrogens with one attached hydrogen (secondary N) is 1. The van der Waals surface area contributed by atoms with E-state index < -0.39 is 0 Å². The van der Waals surface area contributed by atoms with Crippen LogP contribution < -0.4 is 5.32 Å². The molecule has 3 nitrogen and oxygen atoms in total. The number of piperidine rings is 1. The highest BCUT2D eigenvalue weighted by Crippen LogP contribution is 2.21. The van der Waals surface area contributed by atoms with Crippen LogP contribution >= 0.6 is 0 Å². The number of aliphatic hydroxyl groups is 1. The van der Waals surface area contributed by atoms with Gasteiger partial charge in [-0.1, -0.05) is 30.3 Å². The topological polar surface area (TPSA) is 35.5 Å². The smallest absolute Gasteiger partial charge is 0.0541 e. The summed E-state index contributed by atoms with van der Waals surface area (Å²) in [6.07, 6.45) is 6.84. The first-order chi connectivity index (χ1) is 10.8. The van der Waals surface area contributed by atoms with E-state index in [9.17, 15) is 5.11 Å². The molecule has 3 rings (SSSR count). The summed E-state index contributed by atoms with van der Waals surface area (Å²) in [4.78, 5) is 2.59. The number of hydrogen-bond donors (Lipinski definition) is 2. The van der Waals surface area contributed by atoms with E-state index in [0.29, 0.717) is 6.04 Å². The molecule has 3 heteroatoms. The Bertz CT molecular complexity index is 420. The zero-order valence-corrected chi connectivity index (χ0v) is 13.6. The highest BCUT2D eigenvalue weighted by atomic mass is 16.3. The summed E-state index contributed by atoms with van der Waals surface area (Å²) in [5.74, 6) is 0.832. The molecule has 2 aliphatic rings. The molecule has 2 N–H and O–H groups in total. The number of likely N-dealkylation sites (tertiary alicyclic amines) is 1. The van der Waals surface area contributed by atoms with Gasteiger partial charge in [-0.05, 0) is 69.6 Å². The summed E-state index contributed by atoms with van der Waals surface area (Å²) in [6.45, 7) is 4.72. The van der Waals surface area contributed by atoms with Crippen molar-refractivity contribution in [3.8, 4) is 0 Å². The average Bonchev–Trinajstić information content (AvgIpc) is 2.57. The maximum absolute atomic E-state index is 9.56. The molecule has 1 aliphatic carbocycles. The molecular formula is C19H30N2O. The molecule has 0 atom stereocenters. The second-order valence-corrected chi connectivity index (χ2v) is 7.12. The van der Waals surface area contributed by atoms with Crippen LogP contribution in [0.4, 0.5) is 0 Å². The molecule has 1 aromatic carbocycles. The highest BCUT2D eigenvalue weighted by Gasteiger charge is 2.22. The molecule has 0 bridgehead atoms. The maximum atomic E-state index is 9.56. The van der Waals surface area contributed by atoms with E-state index in [2.05, 4.69) is 40.5 Å². The largest absolute Gasteiger partial charge is 0.393 e. The van der Waals surface area contributed by atoms with Crippen molar-refractivity contribution in [3.05, 3.63) is 35.9 Å². The average molecular weight is 302 g/mol. The molecule has 0 radical (unpaired) electrons. The maximum Gasteiger partial charge on any atom is 0.0541 e. The third-order valence-corrected chi connectivity index (χ3v) is 5.35. The van der Waals surface area contributed by atoms with Gasteiger partial charge in [0.25, 0.3) is 0 Å². The summed E-state index contributed by atoms with van der Waals surface area (Å²) in [5, 5.41) is 13.3. The fraction of sp³-hybridized carbons (Fsp3) is 0.684. The summed E-state index contributed by atoms with van der Waals surface area (Å²) < 4.78 is 0. The first-order valence-corrected chi connectivity index (χ1v) is 8.97. The van der Waals surface area contributed by atoms with Crippen molar-refractivity contribution in [2.24, 2.45) is 5.92 Å². The Morgan fingerprint density at radius 1 is 0.955 bits per heavy atom. The number of benzene rings is 1. The van der Waals surface area contributed by atoms with Crippen LogP contribution in [0.2, 0.25) is 0 Å². The molecule has 0 aromatic heterocycles. The number of hydrogen-bond acceptors (Lipinski definition) is 3. The summed E-state index contributed by atoms with van der Waals surface area (Å²) >= 11 is 0. The van der Waals surface area contributed by atoms with Crippen LogP contribution in [0.15, 0.2) is 30.3 Å². The molecule has 1 saturated heterocycles. The quantitative estimate of drug-likeness (QED) is 0.878. The van der Waals surface area contributed by atoms with Crippen LogP contribution in [0.3, 0.4) is 0 Å². The summed E-state index contributed by atoms with van der Waals surface area (Å²) in [6, 6.07) is 11.5. The third-order valence-electron chi connectivity index (χ3n) is 5.35. The van der Waals surface area contributed by atoms with Gasteiger partial charge >= 0.3 is 0 Å². The predicted molar refractivity (Wildman–Crippen MR) is 90.7 cm³/mol. The van der Waals surface area contributed by atoms with Gasteiger partial charge in [0.2, 0.25) is 0 Å². The monoisotopic (exact) mass is 302 g/mol. The first kappa shape index (κ1) is 16.0. The fourth-order valence-corrected chi connectivity index (χ4v) is 3.80. The molecule has 0 unspecified atom stereocenters. The third kappa shape index (κ3) is 4.80. The van der Waals surface area contributed by atoms with Crippen LogP contribution in [-0.2, 0) is 6.54 Å². The molecule has 1 heterocycles. The van der Waals surface area contributed by atoms with Crippen molar-refractivity contribution < 1.29 is 5.11 Å². The van der Waals surface area contributed by atoms with Gasteiger partial charge in [0.05, 0.1) is 6.10 Å². The number of rotatable bonds is 5. The van der Waals surface area contributed by atoms with Gasteiger partial charge in [0, 0.05) is 12.6 Å². The molecule has 1 aromatic rings. The molecule has 2 fully saturated rings. The lowest BCUT2D eigenvalue weighted by molar-refractivity contribution is 0.113. The Labute approximate surface area is 134 Å². The first-order valence-electron chi connectivity index (χ1n) is 8.97. The van der Waals surface area contributed by atoms with Crippen molar-refractivity contribution in [3.63, 3.8) is 0 Å². The van der Waals surface area contributed by atoms with Gasteiger partial charge in [0.15, 0.2) is 0 Å². The summed E-state index contributed by atoms with van der Waals surface area (Å²) in [5.41, 5.74) is 1.43. The van der Waals surface area contributed by atoms with Crippen LogP contribution in [-0.4, -0.2) is 41.8 Å². The van der Waals surface area contributed by atoms with E-state index in [1.165, 1.54) is 38.0 Å². The van der Waals surface area contributed by atoms with Gasteiger partial charge < -0.3 is 10.4 Å². The molecule has 22 heavy (non-hydrogen) atoms. The lowest BCUT2D eigenvalue weighted by atomic mass is 9.91. The van der Waals surface area contributed by atoms with Gasteiger partial charge in [0.1, 0.15) is 0 Å². The van der Waals surface area contributed by atoms with E-state index in [1.807, 2.05) is 0 Å². The van der Waals surface area contributed by atoms with Gasteiger partial charge in [-0.3, -0.25) is 4.90 Å². The number of nitrogens with zero attached hydrogens (tertiary/aromatic N) is 1. The van der Waals surface area contributed by atoms with Crippen LogP contribution in [0.5, 0.6) is 0 Å². The second kappa shape index (κ2) is 8.09. The Kier molecular flexibility index (Phi) is 5.88. The zero-order valence-electron chi connectivity index (χ0n) is 13.6. The lowest BCUT2D eigenvalue weighted by Crippen LogP contribution is -2.41. The predicted octanol–water partition coefficient (Wildman–Crippen LogP) is 2.79. The van der Waals surface area contributed by atoms with Gasteiger partial charge in [-0.25, -0.2) is 0 Å². The van der Waals surface area contributed by atoms with E-state index in [4.69, 9.17) is 0 Å². The fourth-order valence-electron chi connectivity index (χ4n) is 3.80. The van der Waals surface area contributed by atoms with E-state index in [1.54, 1.807) is 0 Å². The van der Waals surface area contributed by atoms with Gasteiger partial charge in [-0.15, -0.1) is 0 Å². The van der Waals surface area contributed by atoms with Crippen LogP contribution in [0.1, 0.15) is 44.1 Å². The minimum absolute atomic E-state index is 0.0423. The molecule has 1 saturated carbocycles. The Morgan fingerprint density at radius 2 is 1.64 bits per heavy atom. The Hall–Kier alpha value is -0.900. The van der Waals surface area contributed by atoms with Crippen molar-refractivity contribution in [2.75, 3.05) is 19.6 Å². The molecular weight excluding hydrogens is 272 g/mol. The molecule has 0 amide bonds. The van der Waals surface area contributed by atoms with Crippen molar-refractivity contribution in [1.82, 2.24) is 10.2 Å².